The number of morpholine rings is 1. The van der Waals surface area contributed by atoms with E-state index in [0.717, 1.165) is 16.4 Å². The third-order valence-electron chi connectivity index (χ3n) is 3.28. The maximum atomic E-state index is 13.2. The highest BCUT2D eigenvalue weighted by Gasteiger charge is 2.36. The van der Waals surface area contributed by atoms with Crippen LogP contribution in [0.5, 0.6) is 0 Å². The molecule has 0 aromatic heterocycles. The Balaban J connectivity index is 2.24. The Morgan fingerprint density at radius 1 is 1.20 bits per heavy atom. The van der Waals surface area contributed by atoms with Gasteiger partial charge in [0.25, 0.3) is 5.91 Å². The van der Waals surface area contributed by atoms with E-state index in [0.29, 0.717) is 0 Å². The molecular formula is C14H14ClF3N2O4S. The van der Waals surface area contributed by atoms with E-state index < -0.39 is 27.9 Å². The van der Waals surface area contributed by atoms with Gasteiger partial charge in [0.15, 0.2) is 0 Å². The molecule has 1 saturated heterocycles. The lowest BCUT2D eigenvalue weighted by atomic mass is 10.1. The summed E-state index contributed by atoms with van der Waals surface area (Å²) in [5.41, 5.74) is -1.59. The lowest BCUT2D eigenvalue weighted by Crippen LogP contribution is -2.48. The summed E-state index contributed by atoms with van der Waals surface area (Å²) in [5.74, 6) is -1.39. The van der Waals surface area contributed by atoms with E-state index in [1.807, 2.05) is 0 Å². The second-order valence-corrected chi connectivity index (χ2v) is 7.15. The molecule has 0 spiro atoms. The van der Waals surface area contributed by atoms with Crippen molar-refractivity contribution < 1.29 is 31.1 Å². The molecule has 6 nitrogen and oxygen atoms in total. The second kappa shape index (κ2) is 7.73. The number of amides is 1. The topological polar surface area (TPSA) is 75.7 Å². The van der Waals surface area contributed by atoms with Crippen LogP contribution in [0.2, 0.25) is 5.02 Å². The number of nitrogens with one attached hydrogen (secondary N) is 1. The number of hydrogen-bond donors (Lipinski definition) is 1. The maximum Gasteiger partial charge on any atom is 0.417 e. The minimum absolute atomic E-state index is 0.00956. The summed E-state index contributed by atoms with van der Waals surface area (Å²) in [6.07, 6.45) is -4.64. The number of ether oxygens (including phenoxy) is 1. The van der Waals surface area contributed by atoms with Gasteiger partial charge in [-0.1, -0.05) is 23.7 Å². The molecule has 1 aliphatic rings. The molecule has 1 aromatic rings. The minimum Gasteiger partial charge on any atom is -0.379 e. The zero-order valence-corrected chi connectivity index (χ0v) is 14.3. The molecule has 0 saturated carbocycles. The molecule has 1 amide bonds. The molecule has 0 atom stereocenters. The Morgan fingerprint density at radius 3 is 2.28 bits per heavy atom. The Kier molecular flexibility index (Phi) is 6.09. The maximum absolute atomic E-state index is 13.2. The fraction of sp³-hybridized carbons (Fsp3) is 0.357. The molecule has 0 bridgehead atoms. The first-order chi connectivity index (χ1) is 11.6. The highest BCUT2D eigenvalue weighted by atomic mass is 35.5. The van der Waals surface area contributed by atoms with Crippen LogP contribution in [0.4, 0.5) is 13.2 Å². The average Bonchev–Trinajstić information content (AvgIpc) is 2.53. The monoisotopic (exact) mass is 398 g/mol. The fourth-order valence-electron chi connectivity index (χ4n) is 2.10. The molecule has 2 rings (SSSR count). The number of alkyl halides is 3. The summed E-state index contributed by atoms with van der Waals surface area (Å²) in [4.78, 5) is 11.8. The van der Waals surface area contributed by atoms with Gasteiger partial charge >= 0.3 is 16.4 Å². The smallest absolute Gasteiger partial charge is 0.379 e. The van der Waals surface area contributed by atoms with Gasteiger partial charge in [-0.3, -0.25) is 4.79 Å². The third kappa shape index (κ3) is 5.43. The van der Waals surface area contributed by atoms with E-state index in [1.165, 1.54) is 12.1 Å². The van der Waals surface area contributed by atoms with Gasteiger partial charge in [-0.2, -0.15) is 25.9 Å². The van der Waals surface area contributed by atoms with Crippen LogP contribution < -0.4 is 4.72 Å². The number of halogens is 4. The quantitative estimate of drug-likeness (QED) is 0.787. The lowest BCUT2D eigenvalue weighted by Gasteiger charge is -2.25. The number of carbonyl (C=O) groups excluding carboxylic acids is 1. The van der Waals surface area contributed by atoms with E-state index in [-0.39, 0.29) is 43.0 Å². The van der Waals surface area contributed by atoms with Crippen molar-refractivity contribution in [1.82, 2.24) is 9.03 Å². The number of carbonyl (C=O) groups is 1. The number of rotatable bonds is 4. The van der Waals surface area contributed by atoms with Gasteiger partial charge < -0.3 is 4.74 Å². The van der Waals surface area contributed by atoms with Crippen molar-refractivity contribution in [3.8, 4) is 0 Å². The number of benzene rings is 1. The lowest BCUT2D eigenvalue weighted by molar-refractivity contribution is -0.115. The van der Waals surface area contributed by atoms with Gasteiger partial charge in [-0.15, -0.1) is 0 Å². The molecular weight excluding hydrogens is 385 g/mol. The number of nitrogens with zero attached hydrogens (tertiary/aromatic N) is 1. The summed E-state index contributed by atoms with van der Waals surface area (Å²) >= 11 is 5.63. The van der Waals surface area contributed by atoms with Gasteiger partial charge in [-0.05, 0) is 17.7 Å². The fourth-order valence-corrected chi connectivity index (χ4v) is 3.30. The molecule has 0 unspecified atom stereocenters. The molecule has 1 aliphatic heterocycles. The van der Waals surface area contributed by atoms with E-state index in [9.17, 15) is 26.4 Å². The van der Waals surface area contributed by atoms with Crippen molar-refractivity contribution in [3.05, 3.63) is 40.9 Å². The molecule has 11 heteroatoms. The molecule has 1 heterocycles. The van der Waals surface area contributed by atoms with E-state index >= 15 is 0 Å². The Labute approximate surface area is 147 Å². The molecule has 1 aromatic carbocycles. The van der Waals surface area contributed by atoms with Crippen molar-refractivity contribution in [3.63, 3.8) is 0 Å². The second-order valence-electron chi connectivity index (χ2n) is 5.05. The molecule has 0 aliphatic carbocycles. The normalized spacial score (nSPS) is 17.4. The van der Waals surface area contributed by atoms with Gasteiger partial charge in [0.2, 0.25) is 0 Å². The zero-order valence-electron chi connectivity index (χ0n) is 12.7. The Hall–Kier alpha value is -1.62. The molecule has 1 fully saturated rings. The summed E-state index contributed by atoms with van der Waals surface area (Å²) in [5, 5.41) is 0.227. The first-order valence-corrected chi connectivity index (χ1v) is 8.86. The molecule has 25 heavy (non-hydrogen) atoms. The zero-order chi connectivity index (χ0) is 18.7. The molecule has 1 N–H and O–H groups in total. The highest BCUT2D eigenvalue weighted by Crippen LogP contribution is 2.34. The van der Waals surface area contributed by atoms with Crippen molar-refractivity contribution in [2.45, 2.75) is 6.18 Å². The Morgan fingerprint density at radius 2 is 1.76 bits per heavy atom. The standard InChI is InChI=1S/C14H14ClF3N2O4S/c15-11-3-1-10(2-4-11)12(14(16,17)18)9-13(21)19-25(22,23)20-5-7-24-8-6-20/h1-4,9H,5-8H2,(H,19,21)/b12-9+. The predicted octanol–water partition coefficient (Wildman–Crippen LogP) is 1.98. The average molecular weight is 399 g/mol. The van der Waals surface area contributed by atoms with Gasteiger partial charge in [0.05, 0.1) is 18.8 Å². The van der Waals surface area contributed by atoms with Crippen LogP contribution in [-0.2, 0) is 19.7 Å². The minimum atomic E-state index is -4.85. The van der Waals surface area contributed by atoms with Crippen molar-refractivity contribution in [2.24, 2.45) is 0 Å². The number of hydrogen-bond acceptors (Lipinski definition) is 4. The SMILES string of the molecule is O=C(/C=C(\c1ccc(Cl)cc1)C(F)(F)F)NS(=O)(=O)N1CCOCC1. The van der Waals surface area contributed by atoms with Gasteiger partial charge in [0, 0.05) is 24.2 Å². The van der Waals surface area contributed by atoms with Gasteiger partial charge in [-0.25, -0.2) is 4.72 Å². The van der Waals surface area contributed by atoms with Crippen molar-refractivity contribution >= 4 is 33.3 Å². The molecule has 0 radical (unpaired) electrons. The van der Waals surface area contributed by atoms with E-state index in [2.05, 4.69) is 0 Å². The summed E-state index contributed by atoms with van der Waals surface area (Å²) in [6.45, 7) is 0.304. The van der Waals surface area contributed by atoms with Crippen LogP contribution in [0.3, 0.4) is 0 Å². The van der Waals surface area contributed by atoms with Crippen LogP contribution in [0.15, 0.2) is 30.3 Å². The van der Waals surface area contributed by atoms with Crippen LogP contribution in [0.1, 0.15) is 5.56 Å². The van der Waals surface area contributed by atoms with E-state index in [1.54, 1.807) is 4.72 Å². The predicted molar refractivity (Wildman–Crippen MR) is 84.9 cm³/mol. The van der Waals surface area contributed by atoms with Gasteiger partial charge in [0.1, 0.15) is 0 Å². The summed E-state index contributed by atoms with van der Waals surface area (Å²) in [7, 11) is -4.24. The third-order valence-corrected chi connectivity index (χ3v) is 5.03. The van der Waals surface area contributed by atoms with E-state index in [4.69, 9.17) is 16.3 Å². The van der Waals surface area contributed by atoms with Crippen molar-refractivity contribution in [2.75, 3.05) is 26.3 Å². The summed E-state index contributed by atoms with van der Waals surface area (Å²) < 4.78 is 71.2. The largest absolute Gasteiger partial charge is 0.417 e. The van der Waals surface area contributed by atoms with Crippen LogP contribution >= 0.6 is 11.6 Å². The first kappa shape index (κ1) is 19.7. The first-order valence-electron chi connectivity index (χ1n) is 7.04. The highest BCUT2D eigenvalue weighted by molar-refractivity contribution is 7.87. The van der Waals surface area contributed by atoms with Crippen LogP contribution in [0, 0.1) is 0 Å². The van der Waals surface area contributed by atoms with Crippen molar-refractivity contribution in [1.29, 1.82) is 0 Å². The van der Waals surface area contributed by atoms with Crippen LogP contribution in [-0.4, -0.2) is 51.1 Å². The summed E-state index contributed by atoms with van der Waals surface area (Å²) in [6, 6.07) is 4.65. The molecule has 138 valence electrons. The number of allylic oxidation sites excluding steroid dienone is 1. The van der Waals surface area contributed by atoms with Crippen LogP contribution in [0.25, 0.3) is 5.57 Å². The Bertz CT molecular complexity index is 757.